The van der Waals surface area contributed by atoms with Gasteiger partial charge in [0.25, 0.3) is 0 Å². The first kappa shape index (κ1) is 11.6. The predicted octanol–water partition coefficient (Wildman–Crippen LogP) is 3.21. The molecule has 2 nitrogen and oxygen atoms in total. The summed E-state index contributed by atoms with van der Waals surface area (Å²) in [6.45, 7) is 4.41. The number of nitrogens with two attached hydrogens (primary N) is 1. The van der Waals surface area contributed by atoms with E-state index in [0.717, 1.165) is 18.5 Å². The van der Waals surface area contributed by atoms with Crippen LogP contribution in [0.2, 0.25) is 0 Å². The van der Waals surface area contributed by atoms with E-state index >= 15 is 0 Å². The van der Waals surface area contributed by atoms with Crippen molar-refractivity contribution in [2.24, 2.45) is 11.7 Å². The molecule has 0 amide bonds. The Kier molecular flexibility index (Phi) is 3.56. The Labute approximate surface area is 101 Å². The molecule has 0 spiro atoms. The molecule has 0 aliphatic heterocycles. The van der Waals surface area contributed by atoms with Crippen molar-refractivity contribution in [2.75, 3.05) is 0 Å². The zero-order chi connectivity index (χ0) is 11.5. The lowest BCUT2D eigenvalue weighted by Crippen LogP contribution is -2.25. The van der Waals surface area contributed by atoms with Gasteiger partial charge < -0.3 is 5.73 Å². The quantitative estimate of drug-likeness (QED) is 0.882. The van der Waals surface area contributed by atoms with E-state index in [-0.39, 0.29) is 6.04 Å². The maximum absolute atomic E-state index is 6.13. The molecule has 0 saturated heterocycles. The van der Waals surface area contributed by atoms with Crippen molar-refractivity contribution in [3.8, 4) is 0 Å². The number of fused-ring (bicyclic) bond motifs is 1. The van der Waals surface area contributed by atoms with Gasteiger partial charge >= 0.3 is 0 Å². The molecule has 86 valence electrons. The van der Waals surface area contributed by atoms with Gasteiger partial charge in [0.2, 0.25) is 0 Å². The van der Waals surface area contributed by atoms with Gasteiger partial charge in [-0.05, 0) is 29.9 Å². The molecule has 1 atom stereocenters. The number of rotatable bonds is 4. The highest BCUT2D eigenvalue weighted by molar-refractivity contribution is 7.17. The van der Waals surface area contributed by atoms with Gasteiger partial charge in [0.15, 0.2) is 0 Å². The molecule has 3 heteroatoms. The van der Waals surface area contributed by atoms with Crippen LogP contribution in [0.4, 0.5) is 0 Å². The van der Waals surface area contributed by atoms with E-state index in [1.807, 2.05) is 6.20 Å². The molecule has 0 bridgehead atoms. The van der Waals surface area contributed by atoms with Gasteiger partial charge in [-0.25, -0.2) is 0 Å². The molecule has 0 radical (unpaired) electrons. The molecule has 2 N–H and O–H groups in total. The number of thiophene rings is 1. The van der Waals surface area contributed by atoms with Gasteiger partial charge in [-0.3, -0.25) is 4.98 Å². The highest BCUT2D eigenvalue weighted by atomic mass is 32.1. The first-order valence-electron chi connectivity index (χ1n) is 5.73. The van der Waals surface area contributed by atoms with Crippen LogP contribution in [-0.4, -0.2) is 11.0 Å². The third-order valence-corrected chi connectivity index (χ3v) is 3.57. The lowest BCUT2D eigenvalue weighted by Gasteiger charge is -2.13. The number of hydrogen-bond donors (Lipinski definition) is 1. The van der Waals surface area contributed by atoms with E-state index in [0.29, 0.717) is 5.92 Å². The van der Waals surface area contributed by atoms with Crippen LogP contribution >= 0.6 is 11.3 Å². The van der Waals surface area contributed by atoms with Gasteiger partial charge in [0.1, 0.15) is 0 Å². The van der Waals surface area contributed by atoms with Crippen molar-refractivity contribution < 1.29 is 0 Å². The summed E-state index contributed by atoms with van der Waals surface area (Å²) in [7, 11) is 0. The second kappa shape index (κ2) is 4.93. The Morgan fingerprint density at radius 2 is 2.19 bits per heavy atom. The predicted molar refractivity (Wildman–Crippen MR) is 70.8 cm³/mol. The van der Waals surface area contributed by atoms with Gasteiger partial charge in [0.05, 0.1) is 5.69 Å². The van der Waals surface area contributed by atoms with Crippen LogP contribution in [0.1, 0.15) is 26.0 Å². The number of pyridine rings is 1. The Balaban J connectivity index is 2.17. The van der Waals surface area contributed by atoms with Crippen LogP contribution in [0.25, 0.3) is 10.1 Å². The summed E-state index contributed by atoms with van der Waals surface area (Å²) in [5.74, 6) is 0.650. The fourth-order valence-electron chi connectivity index (χ4n) is 2.05. The molecule has 2 heterocycles. The molecule has 0 aliphatic rings. The summed E-state index contributed by atoms with van der Waals surface area (Å²) in [6.07, 6.45) is 3.82. The third kappa shape index (κ3) is 2.60. The first-order valence-corrected chi connectivity index (χ1v) is 6.61. The van der Waals surface area contributed by atoms with Gasteiger partial charge in [-0.1, -0.05) is 13.8 Å². The van der Waals surface area contributed by atoms with Crippen LogP contribution in [0.5, 0.6) is 0 Å². The zero-order valence-corrected chi connectivity index (χ0v) is 10.6. The minimum atomic E-state index is 0.220. The van der Waals surface area contributed by atoms with Crippen molar-refractivity contribution in [1.29, 1.82) is 0 Å². The van der Waals surface area contributed by atoms with Crippen molar-refractivity contribution in [3.05, 3.63) is 29.4 Å². The molecule has 2 aromatic heterocycles. The van der Waals surface area contributed by atoms with Crippen LogP contribution in [0.15, 0.2) is 23.7 Å². The highest BCUT2D eigenvalue weighted by Crippen LogP contribution is 2.23. The third-order valence-electron chi connectivity index (χ3n) is 2.69. The number of nitrogens with zero attached hydrogens (tertiary/aromatic N) is 1. The van der Waals surface area contributed by atoms with E-state index in [4.69, 9.17) is 5.73 Å². The Morgan fingerprint density at radius 1 is 1.38 bits per heavy atom. The molecular weight excluding hydrogens is 216 g/mol. The fraction of sp³-hybridized carbons (Fsp3) is 0.462. The summed E-state index contributed by atoms with van der Waals surface area (Å²) in [4.78, 5) is 4.45. The van der Waals surface area contributed by atoms with Crippen LogP contribution in [-0.2, 0) is 6.42 Å². The molecule has 16 heavy (non-hydrogen) atoms. The van der Waals surface area contributed by atoms with Crippen molar-refractivity contribution >= 4 is 21.4 Å². The summed E-state index contributed by atoms with van der Waals surface area (Å²) >= 11 is 1.76. The minimum Gasteiger partial charge on any atom is -0.327 e. The normalized spacial score (nSPS) is 13.5. The van der Waals surface area contributed by atoms with Gasteiger partial charge in [0, 0.05) is 28.7 Å². The van der Waals surface area contributed by atoms with Crippen molar-refractivity contribution in [2.45, 2.75) is 32.7 Å². The average molecular weight is 234 g/mol. The molecule has 0 saturated carbocycles. The topological polar surface area (TPSA) is 38.9 Å². The monoisotopic (exact) mass is 234 g/mol. The van der Waals surface area contributed by atoms with Crippen LogP contribution in [0.3, 0.4) is 0 Å². The fourth-order valence-corrected chi connectivity index (χ4v) is 2.86. The average Bonchev–Trinajstić information content (AvgIpc) is 2.65. The zero-order valence-electron chi connectivity index (χ0n) is 9.81. The van der Waals surface area contributed by atoms with Crippen molar-refractivity contribution in [3.63, 3.8) is 0 Å². The van der Waals surface area contributed by atoms with Gasteiger partial charge in [-0.2, -0.15) is 0 Å². The largest absolute Gasteiger partial charge is 0.327 e. The highest BCUT2D eigenvalue weighted by Gasteiger charge is 2.10. The molecule has 1 unspecified atom stereocenters. The second-order valence-corrected chi connectivity index (χ2v) is 5.63. The van der Waals surface area contributed by atoms with E-state index in [1.165, 1.54) is 10.1 Å². The Hall–Kier alpha value is -0.930. The van der Waals surface area contributed by atoms with Crippen molar-refractivity contribution in [1.82, 2.24) is 4.98 Å². The minimum absolute atomic E-state index is 0.220. The van der Waals surface area contributed by atoms with Gasteiger partial charge in [-0.15, -0.1) is 11.3 Å². The van der Waals surface area contributed by atoms with Crippen LogP contribution < -0.4 is 5.73 Å². The summed E-state index contributed by atoms with van der Waals surface area (Å²) in [5, 5.41) is 3.38. The van der Waals surface area contributed by atoms with E-state index in [9.17, 15) is 0 Å². The molecule has 0 aromatic carbocycles. The summed E-state index contributed by atoms with van der Waals surface area (Å²) in [5.41, 5.74) is 7.28. The maximum atomic E-state index is 6.13. The standard InChI is InChI=1S/C13H18N2S/c1-9(2)7-10(14)8-12-11-4-6-16-13(11)3-5-15-12/h3-6,9-10H,7-8,14H2,1-2H3. The number of aromatic nitrogens is 1. The SMILES string of the molecule is CC(C)CC(N)Cc1nccc2sccc12. The summed E-state index contributed by atoms with van der Waals surface area (Å²) in [6, 6.07) is 4.43. The molecule has 2 aromatic rings. The molecular formula is C13H18N2S. The Bertz CT molecular complexity index is 462. The molecule has 0 aliphatic carbocycles. The lowest BCUT2D eigenvalue weighted by molar-refractivity contribution is 0.491. The number of hydrogen-bond acceptors (Lipinski definition) is 3. The second-order valence-electron chi connectivity index (χ2n) is 4.68. The Morgan fingerprint density at radius 3 is 2.94 bits per heavy atom. The van der Waals surface area contributed by atoms with Crippen LogP contribution in [0, 0.1) is 5.92 Å². The smallest absolute Gasteiger partial charge is 0.0505 e. The van der Waals surface area contributed by atoms with E-state index in [1.54, 1.807) is 11.3 Å². The summed E-state index contributed by atoms with van der Waals surface area (Å²) < 4.78 is 1.31. The molecule has 0 fully saturated rings. The maximum Gasteiger partial charge on any atom is 0.0505 e. The molecule has 2 rings (SSSR count). The van der Waals surface area contributed by atoms with E-state index in [2.05, 4.69) is 36.3 Å². The lowest BCUT2D eigenvalue weighted by atomic mass is 9.99. The van der Waals surface area contributed by atoms with E-state index < -0.39 is 0 Å². The first-order chi connectivity index (χ1) is 7.66.